The van der Waals surface area contributed by atoms with Crippen molar-refractivity contribution < 1.29 is 16.8 Å². The molecule has 0 atom stereocenters. The molecule has 2 rings (SSSR count). The van der Waals surface area contributed by atoms with Crippen LogP contribution in [0.2, 0.25) is 5.02 Å². The SMILES string of the molecule is CN(Cc1ccccc1Cl)S(=O)(=O)c1cccc(S(C)(=O)=O)c1. The fourth-order valence-electron chi connectivity index (χ4n) is 2.00. The zero-order valence-electron chi connectivity index (χ0n) is 12.6. The Kier molecular flexibility index (Phi) is 5.15. The van der Waals surface area contributed by atoms with Crippen LogP contribution < -0.4 is 0 Å². The van der Waals surface area contributed by atoms with E-state index in [0.717, 1.165) is 16.6 Å². The summed E-state index contributed by atoms with van der Waals surface area (Å²) in [5, 5.41) is 0.472. The van der Waals surface area contributed by atoms with Crippen LogP contribution >= 0.6 is 11.6 Å². The summed E-state index contributed by atoms with van der Waals surface area (Å²) in [7, 11) is -5.89. The average Bonchev–Trinajstić information content (AvgIpc) is 2.48. The van der Waals surface area contributed by atoms with Crippen molar-refractivity contribution >= 4 is 31.5 Å². The highest BCUT2D eigenvalue weighted by Crippen LogP contribution is 2.22. The molecule has 0 aliphatic rings. The number of nitrogens with zero attached hydrogens (tertiary/aromatic N) is 1. The van der Waals surface area contributed by atoms with Crippen molar-refractivity contribution in [1.82, 2.24) is 4.31 Å². The molecule has 124 valence electrons. The lowest BCUT2D eigenvalue weighted by atomic mass is 10.2. The molecule has 2 aromatic rings. The van der Waals surface area contributed by atoms with E-state index >= 15 is 0 Å². The second-order valence-corrected chi connectivity index (χ2v) is 9.57. The molecule has 0 aliphatic carbocycles. The Morgan fingerprint density at radius 1 is 0.957 bits per heavy atom. The van der Waals surface area contributed by atoms with Crippen LogP contribution in [0.5, 0.6) is 0 Å². The van der Waals surface area contributed by atoms with Crippen LogP contribution in [0, 0.1) is 0 Å². The van der Waals surface area contributed by atoms with Gasteiger partial charge in [0.1, 0.15) is 0 Å². The molecular formula is C15H16ClNO4S2. The van der Waals surface area contributed by atoms with Gasteiger partial charge in [-0.05, 0) is 29.8 Å². The average molecular weight is 374 g/mol. The summed E-state index contributed by atoms with van der Waals surface area (Å²) in [6, 6.07) is 12.3. The minimum atomic E-state index is -3.83. The molecule has 2 aromatic carbocycles. The lowest BCUT2D eigenvalue weighted by molar-refractivity contribution is 0.466. The van der Waals surface area contributed by atoms with E-state index in [4.69, 9.17) is 11.6 Å². The summed E-state index contributed by atoms with van der Waals surface area (Å²) in [6.45, 7) is 0.0884. The highest BCUT2D eigenvalue weighted by molar-refractivity contribution is 7.91. The summed E-state index contributed by atoms with van der Waals surface area (Å²) in [4.78, 5) is -0.111. The molecular weight excluding hydrogens is 358 g/mol. The van der Waals surface area contributed by atoms with Crippen LogP contribution in [0.25, 0.3) is 0 Å². The Hall–Kier alpha value is -1.41. The molecule has 0 aliphatic heterocycles. The second kappa shape index (κ2) is 6.60. The molecule has 5 nitrogen and oxygen atoms in total. The molecule has 0 aromatic heterocycles. The van der Waals surface area contributed by atoms with E-state index in [9.17, 15) is 16.8 Å². The Morgan fingerprint density at radius 2 is 1.57 bits per heavy atom. The van der Waals surface area contributed by atoms with E-state index < -0.39 is 19.9 Å². The molecule has 0 amide bonds. The molecule has 0 saturated heterocycles. The van der Waals surface area contributed by atoms with Crippen LogP contribution in [-0.2, 0) is 26.4 Å². The van der Waals surface area contributed by atoms with Crippen molar-refractivity contribution in [3.05, 3.63) is 59.1 Å². The topological polar surface area (TPSA) is 71.5 Å². The molecule has 0 unspecified atom stereocenters. The van der Waals surface area contributed by atoms with Crippen LogP contribution in [0.3, 0.4) is 0 Å². The van der Waals surface area contributed by atoms with Gasteiger partial charge < -0.3 is 0 Å². The van der Waals surface area contributed by atoms with E-state index in [-0.39, 0.29) is 16.3 Å². The van der Waals surface area contributed by atoms with E-state index in [0.29, 0.717) is 10.6 Å². The standard InChI is InChI=1S/C15H16ClNO4S2/c1-17(11-12-6-3-4-9-15(12)16)23(20,21)14-8-5-7-13(10-14)22(2,18)19/h3-10H,11H2,1-2H3. The fraction of sp³-hybridized carbons (Fsp3) is 0.200. The largest absolute Gasteiger partial charge is 0.243 e. The first-order valence-electron chi connectivity index (χ1n) is 6.62. The van der Waals surface area contributed by atoms with Gasteiger partial charge in [0.15, 0.2) is 9.84 Å². The second-order valence-electron chi connectivity index (χ2n) is 5.10. The van der Waals surface area contributed by atoms with Crippen LogP contribution in [0.15, 0.2) is 58.3 Å². The van der Waals surface area contributed by atoms with E-state index in [2.05, 4.69) is 0 Å². The molecule has 8 heteroatoms. The number of hydrogen-bond donors (Lipinski definition) is 0. The van der Waals surface area contributed by atoms with Crippen molar-refractivity contribution in [2.24, 2.45) is 0 Å². The minimum absolute atomic E-state index is 0.0373. The predicted molar refractivity (Wildman–Crippen MR) is 89.7 cm³/mol. The summed E-state index contributed by atoms with van der Waals surface area (Å²) in [6.07, 6.45) is 1.03. The van der Waals surface area contributed by atoms with Gasteiger partial charge in [-0.2, -0.15) is 4.31 Å². The normalized spacial score (nSPS) is 12.5. The molecule has 0 radical (unpaired) electrons. The van der Waals surface area contributed by atoms with Crippen molar-refractivity contribution in [1.29, 1.82) is 0 Å². The Labute approximate surface area is 141 Å². The number of hydrogen-bond acceptors (Lipinski definition) is 4. The van der Waals surface area contributed by atoms with Crippen molar-refractivity contribution in [2.45, 2.75) is 16.3 Å². The maximum atomic E-state index is 12.6. The molecule has 0 bridgehead atoms. The Balaban J connectivity index is 2.37. The maximum Gasteiger partial charge on any atom is 0.243 e. The van der Waals surface area contributed by atoms with Crippen molar-refractivity contribution in [2.75, 3.05) is 13.3 Å². The Morgan fingerprint density at radius 3 is 2.17 bits per heavy atom. The Bertz CT molecular complexity index is 924. The molecule has 23 heavy (non-hydrogen) atoms. The first-order valence-corrected chi connectivity index (χ1v) is 10.3. The zero-order valence-corrected chi connectivity index (χ0v) is 15.0. The van der Waals surface area contributed by atoms with Gasteiger partial charge in [0.2, 0.25) is 10.0 Å². The molecule has 0 saturated carbocycles. The number of benzene rings is 2. The monoisotopic (exact) mass is 373 g/mol. The van der Waals surface area contributed by atoms with Gasteiger partial charge in [0.25, 0.3) is 0 Å². The molecule has 0 spiro atoms. The number of rotatable bonds is 5. The lowest BCUT2D eigenvalue weighted by Crippen LogP contribution is -2.26. The summed E-state index contributed by atoms with van der Waals surface area (Å²) in [5.41, 5.74) is 0.666. The summed E-state index contributed by atoms with van der Waals surface area (Å²) in [5.74, 6) is 0. The van der Waals surface area contributed by atoms with Gasteiger partial charge in [0.05, 0.1) is 9.79 Å². The quantitative estimate of drug-likeness (QED) is 0.807. The third-order valence-corrected chi connectivity index (χ3v) is 6.57. The van der Waals surface area contributed by atoms with Gasteiger partial charge in [-0.1, -0.05) is 35.9 Å². The van der Waals surface area contributed by atoms with Crippen molar-refractivity contribution in [3.8, 4) is 0 Å². The number of sulfonamides is 1. The van der Waals surface area contributed by atoms with Gasteiger partial charge in [-0.15, -0.1) is 0 Å². The van der Waals surface area contributed by atoms with Crippen molar-refractivity contribution in [3.63, 3.8) is 0 Å². The zero-order chi connectivity index (χ0) is 17.3. The lowest BCUT2D eigenvalue weighted by Gasteiger charge is -2.18. The first kappa shape index (κ1) is 17.9. The molecule has 0 N–H and O–H groups in total. The fourth-order valence-corrected chi connectivity index (χ4v) is 4.13. The summed E-state index contributed by atoms with van der Waals surface area (Å²) >= 11 is 6.05. The van der Waals surface area contributed by atoms with Gasteiger partial charge >= 0.3 is 0 Å². The van der Waals surface area contributed by atoms with Gasteiger partial charge in [-0.3, -0.25) is 0 Å². The first-order chi connectivity index (χ1) is 10.6. The number of sulfone groups is 1. The highest BCUT2D eigenvalue weighted by atomic mass is 35.5. The maximum absolute atomic E-state index is 12.6. The summed E-state index contributed by atoms with van der Waals surface area (Å²) < 4.78 is 49.5. The molecule has 0 heterocycles. The third-order valence-electron chi connectivity index (χ3n) is 3.29. The third kappa shape index (κ3) is 4.11. The molecule has 0 fully saturated rings. The van der Waals surface area contributed by atoms with Crippen LogP contribution in [-0.4, -0.2) is 34.4 Å². The minimum Gasteiger partial charge on any atom is -0.224 e. The van der Waals surface area contributed by atoms with E-state index in [1.807, 2.05) is 0 Å². The van der Waals surface area contributed by atoms with Gasteiger partial charge in [-0.25, -0.2) is 16.8 Å². The predicted octanol–water partition coefficient (Wildman–Crippen LogP) is 2.56. The van der Waals surface area contributed by atoms with E-state index in [1.54, 1.807) is 24.3 Å². The van der Waals surface area contributed by atoms with Gasteiger partial charge in [0, 0.05) is 24.9 Å². The van der Waals surface area contributed by atoms with Crippen LogP contribution in [0.1, 0.15) is 5.56 Å². The number of halogens is 1. The smallest absolute Gasteiger partial charge is 0.224 e. The van der Waals surface area contributed by atoms with E-state index in [1.165, 1.54) is 25.2 Å². The highest BCUT2D eigenvalue weighted by Gasteiger charge is 2.23. The van der Waals surface area contributed by atoms with Crippen LogP contribution in [0.4, 0.5) is 0 Å².